The molecular formula is C16H13ClF3IN4O2S. The molecule has 0 saturated carbocycles. The van der Waals surface area contributed by atoms with E-state index >= 15 is 0 Å². The van der Waals surface area contributed by atoms with Gasteiger partial charge in [-0.1, -0.05) is 17.7 Å². The van der Waals surface area contributed by atoms with Crippen molar-refractivity contribution < 1.29 is 21.6 Å². The van der Waals surface area contributed by atoms with E-state index in [1.807, 2.05) is 29.5 Å². The number of hydrogen-bond donors (Lipinski definition) is 1. The molecule has 2 aromatic heterocycles. The van der Waals surface area contributed by atoms with Gasteiger partial charge < -0.3 is 5.32 Å². The van der Waals surface area contributed by atoms with E-state index in [-0.39, 0.29) is 27.0 Å². The van der Waals surface area contributed by atoms with Crippen molar-refractivity contribution in [3.05, 3.63) is 44.9 Å². The average molecular weight is 545 g/mol. The van der Waals surface area contributed by atoms with Crippen LogP contribution in [0.2, 0.25) is 5.28 Å². The molecule has 3 aromatic rings. The summed E-state index contributed by atoms with van der Waals surface area (Å²) in [5, 5.41) is 2.01. The number of rotatable bonds is 4. The smallest absolute Gasteiger partial charge is 0.358 e. The number of nitrogens with one attached hydrogen (secondary N) is 1. The van der Waals surface area contributed by atoms with Crippen molar-refractivity contribution in [2.45, 2.75) is 31.0 Å². The van der Waals surface area contributed by atoms with Crippen molar-refractivity contribution in [2.24, 2.45) is 0 Å². The maximum Gasteiger partial charge on any atom is 0.408 e. The van der Waals surface area contributed by atoms with E-state index in [4.69, 9.17) is 11.6 Å². The number of hydrogen-bond acceptors (Lipinski definition) is 5. The molecule has 0 bridgehead atoms. The van der Waals surface area contributed by atoms with Gasteiger partial charge in [-0.15, -0.1) is 0 Å². The summed E-state index contributed by atoms with van der Waals surface area (Å²) in [5.74, 6) is -0.193. The fraction of sp³-hybridized carbons (Fsp3) is 0.250. The minimum atomic E-state index is -4.52. The summed E-state index contributed by atoms with van der Waals surface area (Å²) < 4.78 is 66.1. The Hall–Kier alpha value is -1.60. The van der Waals surface area contributed by atoms with Gasteiger partial charge in [0, 0.05) is 9.77 Å². The van der Waals surface area contributed by atoms with Crippen LogP contribution in [-0.2, 0) is 10.0 Å². The lowest BCUT2D eigenvalue weighted by molar-refractivity contribution is -0.138. The monoisotopic (exact) mass is 544 g/mol. The second kappa shape index (κ2) is 7.34. The number of benzene rings is 1. The molecule has 0 aliphatic rings. The van der Waals surface area contributed by atoms with Crippen LogP contribution in [0.15, 0.2) is 35.4 Å². The fourth-order valence-corrected chi connectivity index (χ4v) is 4.87. The maximum absolute atomic E-state index is 13.0. The van der Waals surface area contributed by atoms with Gasteiger partial charge in [0.2, 0.25) is 5.28 Å². The average Bonchev–Trinajstić information content (AvgIpc) is 2.91. The molecule has 28 heavy (non-hydrogen) atoms. The second-order valence-electron chi connectivity index (χ2n) is 6.04. The number of alkyl halides is 3. The molecule has 150 valence electrons. The van der Waals surface area contributed by atoms with Gasteiger partial charge in [0.1, 0.15) is 11.9 Å². The van der Waals surface area contributed by atoms with E-state index < -0.39 is 22.2 Å². The largest absolute Gasteiger partial charge is 0.408 e. The SMILES string of the molecule is Cc1ccc(S(=O)(=O)n2cc(I)c3c(N[C@H](C)C(F)(F)F)nc(Cl)nc32)cc1. The first-order valence-corrected chi connectivity index (χ1v) is 10.7. The van der Waals surface area contributed by atoms with Crippen LogP contribution in [0.25, 0.3) is 11.0 Å². The van der Waals surface area contributed by atoms with Crippen LogP contribution in [0.3, 0.4) is 0 Å². The predicted octanol–water partition coefficient (Wildman–Crippen LogP) is 4.60. The molecule has 1 N–H and O–H groups in total. The molecule has 2 heterocycles. The van der Waals surface area contributed by atoms with Crippen molar-refractivity contribution in [3.8, 4) is 0 Å². The molecule has 1 atom stereocenters. The van der Waals surface area contributed by atoms with Crippen molar-refractivity contribution in [2.75, 3.05) is 5.32 Å². The molecule has 1 aromatic carbocycles. The topological polar surface area (TPSA) is 76.9 Å². The van der Waals surface area contributed by atoms with E-state index in [2.05, 4.69) is 15.3 Å². The van der Waals surface area contributed by atoms with E-state index in [9.17, 15) is 21.6 Å². The highest BCUT2D eigenvalue weighted by molar-refractivity contribution is 14.1. The Morgan fingerprint density at radius 2 is 1.82 bits per heavy atom. The van der Waals surface area contributed by atoms with Crippen LogP contribution in [0.1, 0.15) is 12.5 Å². The highest BCUT2D eigenvalue weighted by Gasteiger charge is 2.37. The molecule has 12 heteroatoms. The van der Waals surface area contributed by atoms with E-state index in [1.54, 1.807) is 12.1 Å². The van der Waals surface area contributed by atoms with Crippen molar-refractivity contribution >= 4 is 61.1 Å². The molecular weight excluding hydrogens is 532 g/mol. The van der Waals surface area contributed by atoms with E-state index in [1.165, 1.54) is 18.3 Å². The van der Waals surface area contributed by atoms with E-state index in [0.29, 0.717) is 3.57 Å². The predicted molar refractivity (Wildman–Crippen MR) is 108 cm³/mol. The number of halogens is 5. The van der Waals surface area contributed by atoms with Crippen LogP contribution in [-0.4, -0.2) is 34.6 Å². The van der Waals surface area contributed by atoms with Gasteiger partial charge in [0.05, 0.1) is 10.3 Å². The Balaban J connectivity index is 2.20. The van der Waals surface area contributed by atoms with Crippen LogP contribution >= 0.6 is 34.2 Å². The Kier molecular flexibility index (Phi) is 5.53. The molecule has 0 spiro atoms. The lowest BCUT2D eigenvalue weighted by atomic mass is 10.2. The van der Waals surface area contributed by atoms with Crippen LogP contribution in [0.5, 0.6) is 0 Å². The number of fused-ring (bicyclic) bond motifs is 1. The zero-order valence-corrected chi connectivity index (χ0v) is 18.2. The number of nitrogens with zero attached hydrogens (tertiary/aromatic N) is 3. The fourth-order valence-electron chi connectivity index (χ4n) is 2.43. The van der Waals surface area contributed by atoms with Crippen molar-refractivity contribution in [1.82, 2.24) is 13.9 Å². The number of aryl methyl sites for hydroxylation is 1. The Bertz CT molecular complexity index is 1150. The maximum atomic E-state index is 13.0. The minimum Gasteiger partial charge on any atom is -0.358 e. The highest BCUT2D eigenvalue weighted by atomic mass is 127. The van der Waals surface area contributed by atoms with Crippen LogP contribution < -0.4 is 5.32 Å². The van der Waals surface area contributed by atoms with Gasteiger partial charge in [-0.05, 0) is 60.2 Å². The van der Waals surface area contributed by atoms with E-state index in [0.717, 1.165) is 16.5 Å². The summed E-state index contributed by atoms with van der Waals surface area (Å²) >= 11 is 7.68. The summed E-state index contributed by atoms with van der Waals surface area (Å²) in [7, 11) is -4.04. The third kappa shape index (κ3) is 3.92. The van der Waals surface area contributed by atoms with Crippen molar-refractivity contribution in [1.29, 1.82) is 0 Å². The van der Waals surface area contributed by atoms with Gasteiger partial charge in [-0.25, -0.2) is 12.4 Å². The molecule has 0 aliphatic heterocycles. The Labute approximate surface area is 177 Å². The Morgan fingerprint density at radius 1 is 1.21 bits per heavy atom. The lowest BCUT2D eigenvalue weighted by Gasteiger charge is -2.18. The first-order chi connectivity index (χ1) is 12.9. The summed E-state index contributed by atoms with van der Waals surface area (Å²) in [6, 6.07) is 4.25. The van der Waals surface area contributed by atoms with Gasteiger partial charge in [0.15, 0.2) is 5.65 Å². The quantitative estimate of drug-likeness (QED) is 0.384. The van der Waals surface area contributed by atoms with Crippen LogP contribution in [0.4, 0.5) is 19.0 Å². The number of anilines is 1. The molecule has 0 amide bonds. The first kappa shape index (κ1) is 21.1. The molecule has 0 saturated heterocycles. The zero-order valence-electron chi connectivity index (χ0n) is 14.4. The third-order valence-corrected chi connectivity index (χ3v) is 6.61. The summed E-state index contributed by atoms with van der Waals surface area (Å²) in [6.45, 7) is 2.74. The highest BCUT2D eigenvalue weighted by Crippen LogP contribution is 2.33. The standard InChI is InChI=1S/C16H13ClF3IN4O2S/c1-8-3-5-10(6-4-8)28(26,27)25-7-11(21)12-13(22-9(2)16(18,19)20)23-15(17)24-14(12)25/h3-7,9H,1-2H3,(H,22,23,24)/t9-/m1/s1. The normalized spacial score (nSPS) is 13.7. The first-order valence-electron chi connectivity index (χ1n) is 7.81. The van der Waals surface area contributed by atoms with Crippen LogP contribution in [0, 0.1) is 10.5 Å². The Morgan fingerprint density at radius 3 is 2.39 bits per heavy atom. The lowest BCUT2D eigenvalue weighted by Crippen LogP contribution is -2.33. The summed E-state index contributed by atoms with van der Waals surface area (Å²) in [5.41, 5.74) is 0.769. The molecule has 0 unspecified atom stereocenters. The minimum absolute atomic E-state index is 0.0132. The summed E-state index contributed by atoms with van der Waals surface area (Å²) in [4.78, 5) is 7.79. The molecule has 0 radical (unpaired) electrons. The molecule has 0 aliphatic carbocycles. The zero-order chi connectivity index (χ0) is 20.9. The molecule has 0 fully saturated rings. The number of aromatic nitrogens is 3. The van der Waals surface area contributed by atoms with Gasteiger partial charge in [-0.3, -0.25) is 0 Å². The molecule has 3 rings (SSSR count). The van der Waals surface area contributed by atoms with Gasteiger partial charge in [0.25, 0.3) is 10.0 Å². The molecule has 6 nitrogen and oxygen atoms in total. The third-order valence-electron chi connectivity index (χ3n) is 3.96. The van der Waals surface area contributed by atoms with Crippen molar-refractivity contribution in [3.63, 3.8) is 0 Å². The second-order valence-corrected chi connectivity index (χ2v) is 9.35. The summed E-state index contributed by atoms with van der Waals surface area (Å²) in [6.07, 6.45) is -3.25. The van der Waals surface area contributed by atoms with Gasteiger partial charge in [-0.2, -0.15) is 23.1 Å². The van der Waals surface area contributed by atoms with Gasteiger partial charge >= 0.3 is 6.18 Å².